The second kappa shape index (κ2) is 9.27. The number of carbonyl (C=O) groups is 4. The first-order valence-corrected chi connectivity index (χ1v) is 12.3. The minimum Gasteiger partial charge on any atom is -0.497 e. The van der Waals surface area contributed by atoms with Gasteiger partial charge in [0.2, 0.25) is 17.7 Å². The van der Waals surface area contributed by atoms with E-state index in [4.69, 9.17) is 4.74 Å². The zero-order valence-corrected chi connectivity index (χ0v) is 19.5. The van der Waals surface area contributed by atoms with Gasteiger partial charge in [-0.1, -0.05) is 19.3 Å². The number of rotatable bonds is 4. The molecule has 9 heteroatoms. The van der Waals surface area contributed by atoms with Gasteiger partial charge in [0, 0.05) is 30.6 Å². The van der Waals surface area contributed by atoms with Gasteiger partial charge in [0.15, 0.2) is 0 Å². The van der Waals surface area contributed by atoms with Gasteiger partial charge in [-0.15, -0.1) is 0 Å². The molecule has 0 aromatic heterocycles. The SMILES string of the molecule is COc1ccc(C(=O)N2CC[C@H]3NC(=O)[C@H]4C[C@H](NC(=O)C5CCCCC5)CN4C(=O)[C@H]32)cc1. The van der Waals surface area contributed by atoms with Gasteiger partial charge in [-0.25, -0.2) is 0 Å². The third kappa shape index (κ3) is 4.12. The lowest BCUT2D eigenvalue weighted by molar-refractivity contribution is -0.138. The molecule has 3 heterocycles. The van der Waals surface area contributed by atoms with Crippen molar-refractivity contribution in [1.29, 1.82) is 0 Å². The summed E-state index contributed by atoms with van der Waals surface area (Å²) in [5.41, 5.74) is 0.473. The van der Waals surface area contributed by atoms with Gasteiger partial charge in [0.1, 0.15) is 17.8 Å². The first-order chi connectivity index (χ1) is 16.5. The molecular formula is C25H32N4O5. The number of benzene rings is 1. The van der Waals surface area contributed by atoms with Gasteiger partial charge < -0.3 is 25.2 Å². The highest BCUT2D eigenvalue weighted by atomic mass is 16.5. The summed E-state index contributed by atoms with van der Waals surface area (Å²) in [5, 5.41) is 6.10. The van der Waals surface area contributed by atoms with Crippen LogP contribution < -0.4 is 15.4 Å². The third-order valence-electron chi connectivity index (χ3n) is 7.79. The number of likely N-dealkylation sites (tertiary alicyclic amines) is 1. The van der Waals surface area contributed by atoms with Crippen LogP contribution in [0.2, 0.25) is 0 Å². The predicted octanol–water partition coefficient (Wildman–Crippen LogP) is 1.07. The highest BCUT2D eigenvalue weighted by molar-refractivity contribution is 6.01. The average molecular weight is 469 g/mol. The van der Waals surface area contributed by atoms with Crippen LogP contribution in [-0.4, -0.2) is 77.8 Å². The summed E-state index contributed by atoms with van der Waals surface area (Å²) in [6, 6.07) is 4.79. The Morgan fingerprint density at radius 2 is 1.79 bits per heavy atom. The van der Waals surface area contributed by atoms with Crippen LogP contribution in [0.15, 0.2) is 24.3 Å². The van der Waals surface area contributed by atoms with Crippen LogP contribution in [0.1, 0.15) is 55.3 Å². The maximum Gasteiger partial charge on any atom is 0.254 e. The van der Waals surface area contributed by atoms with E-state index >= 15 is 0 Å². The molecule has 1 aromatic carbocycles. The second-order valence-electron chi connectivity index (χ2n) is 9.86. The van der Waals surface area contributed by atoms with Crippen molar-refractivity contribution in [2.45, 2.75) is 69.1 Å². The fourth-order valence-corrected chi connectivity index (χ4v) is 5.94. The summed E-state index contributed by atoms with van der Waals surface area (Å²) in [6.45, 7) is 0.690. The Bertz CT molecular complexity index is 974. The standard InChI is InChI=1S/C25H32N4O5/c1-34-18-9-7-16(8-10-18)24(32)28-12-11-19-21(28)25(33)29-14-17(13-20(29)23(31)27-19)26-22(30)15-5-3-2-4-6-15/h7-10,15,17,19-21H,2-6,11-14H2,1H3,(H,26,30)(H,27,31)/t17-,19+,20+,21-/m0/s1. The summed E-state index contributed by atoms with van der Waals surface area (Å²) < 4.78 is 5.17. The molecule has 4 aliphatic rings. The number of ether oxygens (including phenoxy) is 1. The Labute approximate surface area is 199 Å². The van der Waals surface area contributed by atoms with E-state index in [1.54, 1.807) is 41.2 Å². The van der Waals surface area contributed by atoms with Crippen molar-refractivity contribution < 1.29 is 23.9 Å². The Morgan fingerprint density at radius 3 is 2.50 bits per heavy atom. The van der Waals surface area contributed by atoms with E-state index in [9.17, 15) is 19.2 Å². The Balaban J connectivity index is 1.30. The van der Waals surface area contributed by atoms with E-state index in [0.717, 1.165) is 25.7 Å². The molecule has 0 unspecified atom stereocenters. The molecule has 34 heavy (non-hydrogen) atoms. The number of fused-ring (bicyclic) bond motifs is 2. The van der Waals surface area contributed by atoms with E-state index in [2.05, 4.69) is 10.6 Å². The van der Waals surface area contributed by atoms with E-state index in [1.165, 1.54) is 6.42 Å². The highest BCUT2D eigenvalue weighted by Crippen LogP contribution is 2.31. The average Bonchev–Trinajstić information content (AvgIpc) is 3.46. The van der Waals surface area contributed by atoms with Crippen molar-refractivity contribution in [3.05, 3.63) is 29.8 Å². The van der Waals surface area contributed by atoms with Crippen molar-refractivity contribution in [2.24, 2.45) is 5.92 Å². The molecule has 3 aliphatic heterocycles. The van der Waals surface area contributed by atoms with Gasteiger partial charge in [0.25, 0.3) is 5.91 Å². The second-order valence-corrected chi connectivity index (χ2v) is 9.86. The Morgan fingerprint density at radius 1 is 1.06 bits per heavy atom. The van der Waals surface area contributed by atoms with Crippen molar-refractivity contribution in [1.82, 2.24) is 20.4 Å². The molecular weight excluding hydrogens is 436 g/mol. The molecule has 1 saturated carbocycles. The van der Waals surface area contributed by atoms with Gasteiger partial charge >= 0.3 is 0 Å². The number of carbonyl (C=O) groups excluding carboxylic acids is 4. The molecule has 182 valence electrons. The molecule has 9 nitrogen and oxygen atoms in total. The maximum absolute atomic E-state index is 13.6. The molecule has 0 bridgehead atoms. The van der Waals surface area contributed by atoms with E-state index < -0.39 is 18.1 Å². The molecule has 4 fully saturated rings. The van der Waals surface area contributed by atoms with Crippen LogP contribution in [0.25, 0.3) is 0 Å². The molecule has 3 saturated heterocycles. The smallest absolute Gasteiger partial charge is 0.254 e. The van der Waals surface area contributed by atoms with Crippen molar-refractivity contribution in [3.63, 3.8) is 0 Å². The summed E-state index contributed by atoms with van der Waals surface area (Å²) in [5.74, 6) is 0.0457. The summed E-state index contributed by atoms with van der Waals surface area (Å²) >= 11 is 0. The van der Waals surface area contributed by atoms with Crippen LogP contribution in [0, 0.1) is 5.92 Å². The summed E-state index contributed by atoms with van der Waals surface area (Å²) in [6.07, 6.45) is 6.05. The van der Waals surface area contributed by atoms with Gasteiger partial charge in [0.05, 0.1) is 13.2 Å². The molecule has 2 N–H and O–H groups in total. The van der Waals surface area contributed by atoms with E-state index in [-0.39, 0.29) is 35.6 Å². The van der Waals surface area contributed by atoms with Gasteiger partial charge in [-0.2, -0.15) is 0 Å². The molecule has 4 atom stereocenters. The minimum atomic E-state index is -0.739. The number of nitrogens with zero attached hydrogens (tertiary/aromatic N) is 2. The van der Waals surface area contributed by atoms with Crippen molar-refractivity contribution >= 4 is 23.6 Å². The lowest BCUT2D eigenvalue weighted by atomic mass is 9.88. The molecule has 0 spiro atoms. The number of hydrogen-bond donors (Lipinski definition) is 2. The topological polar surface area (TPSA) is 108 Å². The van der Waals surface area contributed by atoms with Crippen LogP contribution in [0.4, 0.5) is 0 Å². The quantitative estimate of drug-likeness (QED) is 0.688. The molecule has 5 rings (SSSR count). The molecule has 1 aliphatic carbocycles. The summed E-state index contributed by atoms with van der Waals surface area (Å²) in [7, 11) is 1.56. The zero-order valence-electron chi connectivity index (χ0n) is 19.5. The predicted molar refractivity (Wildman–Crippen MR) is 123 cm³/mol. The monoisotopic (exact) mass is 468 g/mol. The van der Waals surface area contributed by atoms with Crippen LogP contribution >= 0.6 is 0 Å². The highest BCUT2D eigenvalue weighted by Gasteiger charge is 2.52. The van der Waals surface area contributed by atoms with E-state index in [0.29, 0.717) is 37.2 Å². The van der Waals surface area contributed by atoms with E-state index in [1.807, 2.05) is 0 Å². The lowest BCUT2D eigenvalue weighted by Gasteiger charge is -2.29. The zero-order chi connectivity index (χ0) is 23.8. The number of nitrogens with one attached hydrogen (secondary N) is 2. The van der Waals surface area contributed by atoms with Crippen molar-refractivity contribution in [3.8, 4) is 5.75 Å². The fourth-order valence-electron chi connectivity index (χ4n) is 5.94. The van der Waals surface area contributed by atoms with Gasteiger partial charge in [-0.05, 0) is 49.9 Å². The minimum absolute atomic E-state index is 0.0236. The first-order valence-electron chi connectivity index (χ1n) is 12.3. The van der Waals surface area contributed by atoms with Crippen LogP contribution in [0.5, 0.6) is 5.75 Å². The van der Waals surface area contributed by atoms with Crippen LogP contribution in [0.3, 0.4) is 0 Å². The van der Waals surface area contributed by atoms with Crippen molar-refractivity contribution in [2.75, 3.05) is 20.2 Å². The summed E-state index contributed by atoms with van der Waals surface area (Å²) in [4.78, 5) is 55.8. The Kier molecular flexibility index (Phi) is 6.18. The normalized spacial score (nSPS) is 29.2. The van der Waals surface area contributed by atoms with Crippen LogP contribution in [-0.2, 0) is 14.4 Å². The maximum atomic E-state index is 13.6. The third-order valence-corrected chi connectivity index (χ3v) is 7.79. The number of methoxy groups -OCH3 is 1. The fraction of sp³-hybridized carbons (Fsp3) is 0.600. The largest absolute Gasteiger partial charge is 0.497 e. The first kappa shape index (κ1) is 22.7. The molecule has 1 aromatic rings. The number of amides is 4. The van der Waals surface area contributed by atoms with Gasteiger partial charge in [-0.3, -0.25) is 19.2 Å². The Hall–Kier alpha value is -3.10. The molecule has 4 amide bonds. The molecule has 0 radical (unpaired) electrons. The number of hydrogen-bond acceptors (Lipinski definition) is 5. The lowest BCUT2D eigenvalue weighted by Crippen LogP contribution is -2.52.